The molecule has 1 aromatic carbocycles. The number of hydrogen-bond donors (Lipinski definition) is 0. The predicted octanol–water partition coefficient (Wildman–Crippen LogP) is 1.88. The SMILES string of the molecule is CN(C)c1ccc(-n2nnc3cccnc32)cc1. The van der Waals surface area contributed by atoms with E-state index < -0.39 is 0 Å². The molecule has 3 aromatic rings. The van der Waals surface area contributed by atoms with Gasteiger partial charge in [-0.3, -0.25) is 0 Å². The summed E-state index contributed by atoms with van der Waals surface area (Å²) >= 11 is 0. The minimum absolute atomic E-state index is 0.773. The van der Waals surface area contributed by atoms with E-state index in [2.05, 4.69) is 20.2 Å². The van der Waals surface area contributed by atoms with Gasteiger partial charge >= 0.3 is 0 Å². The highest BCUT2D eigenvalue weighted by atomic mass is 15.4. The highest BCUT2D eigenvalue weighted by Crippen LogP contribution is 2.17. The van der Waals surface area contributed by atoms with Gasteiger partial charge in [-0.25, -0.2) is 4.98 Å². The molecule has 18 heavy (non-hydrogen) atoms. The summed E-state index contributed by atoms with van der Waals surface area (Å²) in [5.41, 5.74) is 3.68. The fraction of sp³-hybridized carbons (Fsp3) is 0.154. The van der Waals surface area contributed by atoms with Crippen molar-refractivity contribution in [3.8, 4) is 5.69 Å². The van der Waals surface area contributed by atoms with Crippen LogP contribution < -0.4 is 4.90 Å². The molecule has 5 nitrogen and oxygen atoms in total. The molecule has 0 spiro atoms. The minimum atomic E-state index is 0.773. The van der Waals surface area contributed by atoms with Crippen LogP contribution >= 0.6 is 0 Å². The first kappa shape index (κ1) is 10.7. The predicted molar refractivity (Wildman–Crippen MR) is 71.0 cm³/mol. The summed E-state index contributed by atoms with van der Waals surface area (Å²) in [7, 11) is 4.03. The number of rotatable bonds is 2. The fourth-order valence-corrected chi connectivity index (χ4v) is 1.83. The summed E-state index contributed by atoms with van der Waals surface area (Å²) in [6.07, 6.45) is 1.75. The average Bonchev–Trinajstić information content (AvgIpc) is 2.82. The first-order chi connectivity index (χ1) is 8.75. The molecule has 90 valence electrons. The van der Waals surface area contributed by atoms with Crippen LogP contribution in [0.1, 0.15) is 0 Å². The van der Waals surface area contributed by atoms with Gasteiger partial charge in [0, 0.05) is 26.0 Å². The highest BCUT2D eigenvalue weighted by Gasteiger charge is 2.06. The Bertz CT molecular complexity index is 669. The molecule has 2 aromatic heterocycles. The van der Waals surface area contributed by atoms with E-state index in [-0.39, 0.29) is 0 Å². The van der Waals surface area contributed by atoms with E-state index in [1.807, 2.05) is 50.5 Å². The maximum Gasteiger partial charge on any atom is 0.183 e. The van der Waals surface area contributed by atoms with E-state index in [4.69, 9.17) is 0 Å². The van der Waals surface area contributed by atoms with E-state index >= 15 is 0 Å². The van der Waals surface area contributed by atoms with Gasteiger partial charge in [-0.1, -0.05) is 5.21 Å². The van der Waals surface area contributed by atoms with E-state index in [9.17, 15) is 0 Å². The normalized spacial score (nSPS) is 10.8. The molecule has 0 aliphatic heterocycles. The van der Waals surface area contributed by atoms with E-state index in [1.54, 1.807) is 10.9 Å². The van der Waals surface area contributed by atoms with Crippen molar-refractivity contribution in [1.82, 2.24) is 20.0 Å². The zero-order valence-electron chi connectivity index (χ0n) is 10.3. The first-order valence-corrected chi connectivity index (χ1v) is 5.70. The fourth-order valence-electron chi connectivity index (χ4n) is 1.83. The third kappa shape index (κ3) is 1.69. The zero-order valence-corrected chi connectivity index (χ0v) is 10.3. The van der Waals surface area contributed by atoms with Crippen molar-refractivity contribution in [2.45, 2.75) is 0 Å². The number of nitrogens with zero attached hydrogens (tertiary/aromatic N) is 5. The summed E-state index contributed by atoms with van der Waals surface area (Å²) in [5, 5.41) is 8.22. The van der Waals surface area contributed by atoms with E-state index in [1.165, 1.54) is 0 Å². The van der Waals surface area contributed by atoms with Crippen LogP contribution in [0.25, 0.3) is 16.9 Å². The molecule has 0 atom stereocenters. The molecule has 0 saturated heterocycles. The Morgan fingerprint density at radius 1 is 1.06 bits per heavy atom. The zero-order chi connectivity index (χ0) is 12.5. The standard InChI is InChI=1S/C13H13N5/c1-17(2)10-5-7-11(8-6-10)18-13-12(15-16-18)4-3-9-14-13/h3-9H,1-2H3. The third-order valence-electron chi connectivity index (χ3n) is 2.82. The van der Waals surface area contributed by atoms with Crippen LogP contribution in [-0.4, -0.2) is 34.1 Å². The molecule has 0 aliphatic carbocycles. The molecule has 0 bridgehead atoms. The van der Waals surface area contributed by atoms with Gasteiger partial charge in [-0.15, -0.1) is 5.10 Å². The molecular weight excluding hydrogens is 226 g/mol. The third-order valence-corrected chi connectivity index (χ3v) is 2.82. The van der Waals surface area contributed by atoms with Crippen molar-refractivity contribution in [2.75, 3.05) is 19.0 Å². The number of fused-ring (bicyclic) bond motifs is 1. The second-order valence-electron chi connectivity index (χ2n) is 4.26. The number of aromatic nitrogens is 4. The Morgan fingerprint density at radius 2 is 1.83 bits per heavy atom. The summed E-state index contributed by atoms with van der Waals surface area (Å²) in [4.78, 5) is 6.36. The molecule has 0 fully saturated rings. The molecule has 0 unspecified atom stereocenters. The molecule has 5 heteroatoms. The lowest BCUT2D eigenvalue weighted by Gasteiger charge is -2.12. The van der Waals surface area contributed by atoms with Crippen LogP contribution in [-0.2, 0) is 0 Å². The Hall–Kier alpha value is -2.43. The molecule has 0 amide bonds. The van der Waals surface area contributed by atoms with Gasteiger partial charge in [0.25, 0.3) is 0 Å². The lowest BCUT2D eigenvalue weighted by molar-refractivity contribution is 0.817. The van der Waals surface area contributed by atoms with Crippen molar-refractivity contribution in [3.63, 3.8) is 0 Å². The lowest BCUT2D eigenvalue weighted by Crippen LogP contribution is -2.08. The number of hydrogen-bond acceptors (Lipinski definition) is 4. The van der Waals surface area contributed by atoms with Crippen molar-refractivity contribution >= 4 is 16.9 Å². The molecule has 0 N–H and O–H groups in total. The summed E-state index contributed by atoms with van der Waals surface area (Å²) < 4.78 is 1.74. The Kier molecular flexibility index (Phi) is 2.44. The average molecular weight is 239 g/mol. The smallest absolute Gasteiger partial charge is 0.183 e. The van der Waals surface area contributed by atoms with Crippen LogP contribution in [0.4, 0.5) is 5.69 Å². The molecule has 0 radical (unpaired) electrons. The largest absolute Gasteiger partial charge is 0.378 e. The Balaban J connectivity index is 2.09. The summed E-state index contributed by atoms with van der Waals surface area (Å²) in [6.45, 7) is 0. The highest BCUT2D eigenvalue weighted by molar-refractivity contribution is 5.71. The van der Waals surface area contributed by atoms with Gasteiger partial charge in [-0.05, 0) is 36.4 Å². The van der Waals surface area contributed by atoms with Crippen LogP contribution in [0.3, 0.4) is 0 Å². The Labute approximate surface area is 105 Å². The van der Waals surface area contributed by atoms with Crippen molar-refractivity contribution < 1.29 is 0 Å². The maximum absolute atomic E-state index is 4.30. The van der Waals surface area contributed by atoms with Gasteiger partial charge in [0.05, 0.1) is 5.69 Å². The molecule has 3 rings (SSSR count). The number of benzene rings is 1. The first-order valence-electron chi connectivity index (χ1n) is 5.70. The molecule has 2 heterocycles. The van der Waals surface area contributed by atoms with Gasteiger partial charge in [0.1, 0.15) is 5.52 Å². The minimum Gasteiger partial charge on any atom is -0.378 e. The summed E-state index contributed by atoms with van der Waals surface area (Å²) in [5.74, 6) is 0. The van der Waals surface area contributed by atoms with Crippen LogP contribution in [0.15, 0.2) is 42.6 Å². The van der Waals surface area contributed by atoms with E-state index in [0.717, 1.165) is 22.5 Å². The van der Waals surface area contributed by atoms with Gasteiger partial charge in [0.15, 0.2) is 5.65 Å². The monoisotopic (exact) mass is 239 g/mol. The topological polar surface area (TPSA) is 46.8 Å². The van der Waals surface area contributed by atoms with Gasteiger partial charge in [-0.2, -0.15) is 4.68 Å². The van der Waals surface area contributed by atoms with Crippen molar-refractivity contribution in [1.29, 1.82) is 0 Å². The second-order valence-corrected chi connectivity index (χ2v) is 4.26. The van der Waals surface area contributed by atoms with Gasteiger partial charge < -0.3 is 4.90 Å². The van der Waals surface area contributed by atoms with E-state index in [0.29, 0.717) is 0 Å². The molecule has 0 saturated carbocycles. The molecular formula is C13H13N5. The van der Waals surface area contributed by atoms with Crippen LogP contribution in [0.5, 0.6) is 0 Å². The quantitative estimate of drug-likeness (QED) is 0.685. The van der Waals surface area contributed by atoms with Crippen molar-refractivity contribution in [3.05, 3.63) is 42.6 Å². The maximum atomic E-state index is 4.30. The van der Waals surface area contributed by atoms with Crippen molar-refractivity contribution in [2.24, 2.45) is 0 Å². The van der Waals surface area contributed by atoms with Gasteiger partial charge in [0.2, 0.25) is 0 Å². The number of pyridine rings is 1. The van der Waals surface area contributed by atoms with Crippen LogP contribution in [0, 0.1) is 0 Å². The lowest BCUT2D eigenvalue weighted by atomic mass is 10.2. The molecule has 0 aliphatic rings. The van der Waals surface area contributed by atoms with Crippen LogP contribution in [0.2, 0.25) is 0 Å². The Morgan fingerprint density at radius 3 is 2.56 bits per heavy atom. The second kappa shape index (κ2) is 4.10. The number of anilines is 1. The summed E-state index contributed by atoms with van der Waals surface area (Å²) in [6, 6.07) is 11.9.